The number of nitrogens with one attached hydrogen (secondary N) is 1. The number of hydrogen-bond donors (Lipinski definition) is 2. The lowest BCUT2D eigenvalue weighted by molar-refractivity contribution is -0.118. The third-order valence-electron chi connectivity index (χ3n) is 3.24. The van der Waals surface area contributed by atoms with E-state index in [0.717, 1.165) is 10.0 Å². The zero-order valence-electron chi connectivity index (χ0n) is 12.7. The average molecular weight is 404 g/mol. The predicted molar refractivity (Wildman–Crippen MR) is 95.8 cm³/mol. The molecule has 6 nitrogen and oxygen atoms in total. The Labute approximate surface area is 150 Å². The third-order valence-corrected chi connectivity index (χ3v) is 3.77. The molecular weight excluding hydrogens is 384 g/mol. The van der Waals surface area contributed by atoms with Crippen molar-refractivity contribution in [1.29, 1.82) is 0 Å². The molecule has 0 bridgehead atoms. The van der Waals surface area contributed by atoms with Crippen molar-refractivity contribution in [2.75, 3.05) is 19.0 Å². The van der Waals surface area contributed by atoms with Crippen LogP contribution in [0, 0.1) is 0 Å². The molecule has 3 N–H and O–H groups in total. The van der Waals surface area contributed by atoms with E-state index in [1.807, 2.05) is 35.0 Å². The largest absolute Gasteiger partial charge is 0.380 e. The summed E-state index contributed by atoms with van der Waals surface area (Å²) >= 11 is 3.41. The number of amides is 1. The van der Waals surface area contributed by atoms with E-state index in [9.17, 15) is 4.79 Å². The first-order valence-corrected chi connectivity index (χ1v) is 7.70. The lowest BCUT2D eigenvalue weighted by Gasteiger charge is -2.13. The molecule has 0 saturated heterocycles. The minimum atomic E-state index is -0.283. The van der Waals surface area contributed by atoms with Crippen molar-refractivity contribution in [1.82, 2.24) is 9.55 Å². The van der Waals surface area contributed by atoms with E-state index in [1.165, 1.54) is 0 Å². The van der Waals surface area contributed by atoms with E-state index in [0.29, 0.717) is 19.0 Å². The zero-order chi connectivity index (χ0) is 15.9. The van der Waals surface area contributed by atoms with Crippen molar-refractivity contribution < 1.29 is 9.53 Å². The number of halogens is 2. The minimum absolute atomic E-state index is 0. The lowest BCUT2D eigenvalue weighted by atomic mass is 10.2. The van der Waals surface area contributed by atoms with Crippen LogP contribution in [0.1, 0.15) is 12.0 Å². The molecule has 2 aromatic rings. The highest BCUT2D eigenvalue weighted by Crippen LogP contribution is 2.14. The van der Waals surface area contributed by atoms with Crippen molar-refractivity contribution in [2.45, 2.75) is 19.1 Å². The maximum atomic E-state index is 12.0. The molecule has 8 heteroatoms. The number of methoxy groups -OCH3 is 1. The van der Waals surface area contributed by atoms with Gasteiger partial charge >= 0.3 is 0 Å². The average Bonchev–Trinajstić information content (AvgIpc) is 2.94. The highest BCUT2D eigenvalue weighted by Gasteiger charge is 2.13. The van der Waals surface area contributed by atoms with Gasteiger partial charge in [-0.3, -0.25) is 10.1 Å². The number of nitrogens with zero attached hydrogens (tertiary/aromatic N) is 2. The van der Waals surface area contributed by atoms with E-state index >= 15 is 0 Å². The van der Waals surface area contributed by atoms with Gasteiger partial charge in [0.25, 0.3) is 0 Å². The Bertz CT molecular complexity index is 614. The summed E-state index contributed by atoms with van der Waals surface area (Å²) in [7, 11) is 1.54. The molecule has 1 unspecified atom stereocenters. The Hall–Kier alpha value is -1.41. The summed E-state index contributed by atoms with van der Waals surface area (Å²) in [4.78, 5) is 16.2. The number of nitrogens with two attached hydrogens (primary N) is 1. The molecule has 0 fully saturated rings. The summed E-state index contributed by atoms with van der Waals surface area (Å²) in [6.07, 6.45) is 3.41. The molecule has 0 saturated carbocycles. The van der Waals surface area contributed by atoms with Crippen LogP contribution >= 0.6 is 28.3 Å². The van der Waals surface area contributed by atoms with Gasteiger partial charge in [-0.15, -0.1) is 12.4 Å². The molecule has 0 aliphatic rings. The van der Waals surface area contributed by atoms with Crippen molar-refractivity contribution in [3.8, 4) is 0 Å². The Morgan fingerprint density at radius 1 is 1.43 bits per heavy atom. The number of imidazole rings is 1. The molecule has 0 aliphatic carbocycles. The normalized spacial score (nSPS) is 11.6. The number of aromatic nitrogens is 2. The van der Waals surface area contributed by atoms with E-state index in [4.69, 9.17) is 10.5 Å². The van der Waals surface area contributed by atoms with Gasteiger partial charge in [0.05, 0.1) is 19.1 Å². The van der Waals surface area contributed by atoms with Crippen LogP contribution in [-0.2, 0) is 16.1 Å². The molecular formula is C15H20BrClN4O2. The molecule has 0 radical (unpaired) electrons. The van der Waals surface area contributed by atoms with Gasteiger partial charge in [0.15, 0.2) is 0 Å². The van der Waals surface area contributed by atoms with Crippen LogP contribution in [0.5, 0.6) is 0 Å². The first-order valence-electron chi connectivity index (χ1n) is 6.90. The number of rotatable bonds is 7. The fraction of sp³-hybridized carbons (Fsp3) is 0.333. The second kappa shape index (κ2) is 9.67. The summed E-state index contributed by atoms with van der Waals surface area (Å²) in [5.41, 5.74) is 6.64. The first-order chi connectivity index (χ1) is 10.6. The smallest absolute Gasteiger partial charge is 0.229 e. The van der Waals surface area contributed by atoms with E-state index < -0.39 is 0 Å². The van der Waals surface area contributed by atoms with E-state index in [1.54, 1.807) is 13.3 Å². The Morgan fingerprint density at radius 2 is 2.13 bits per heavy atom. The molecule has 1 heterocycles. The second-order valence-corrected chi connectivity index (χ2v) is 5.77. The van der Waals surface area contributed by atoms with Crippen molar-refractivity contribution in [2.24, 2.45) is 5.73 Å². The van der Waals surface area contributed by atoms with Gasteiger partial charge in [0.1, 0.15) is 0 Å². The van der Waals surface area contributed by atoms with Crippen LogP contribution in [-0.4, -0.2) is 35.2 Å². The third kappa shape index (κ3) is 5.95. The van der Waals surface area contributed by atoms with Crippen LogP contribution in [0.3, 0.4) is 0 Å². The van der Waals surface area contributed by atoms with Crippen molar-refractivity contribution in [3.63, 3.8) is 0 Å². The van der Waals surface area contributed by atoms with Crippen LogP contribution in [0.4, 0.5) is 5.95 Å². The quantitative estimate of drug-likeness (QED) is 0.744. The summed E-state index contributed by atoms with van der Waals surface area (Å²) in [6, 6.07) is 8.00. The molecule has 126 valence electrons. The molecule has 0 aliphatic heterocycles. The molecule has 0 spiro atoms. The van der Waals surface area contributed by atoms with Gasteiger partial charge < -0.3 is 15.0 Å². The van der Waals surface area contributed by atoms with Crippen LogP contribution in [0.2, 0.25) is 0 Å². The van der Waals surface area contributed by atoms with Crippen LogP contribution in [0.25, 0.3) is 0 Å². The maximum absolute atomic E-state index is 12.0. The highest BCUT2D eigenvalue weighted by molar-refractivity contribution is 9.10. The fourth-order valence-corrected chi connectivity index (χ4v) is 2.26. The second-order valence-electron chi connectivity index (χ2n) is 4.85. The van der Waals surface area contributed by atoms with E-state index in [2.05, 4.69) is 26.2 Å². The van der Waals surface area contributed by atoms with E-state index in [-0.39, 0.29) is 30.8 Å². The summed E-state index contributed by atoms with van der Waals surface area (Å²) in [6.45, 7) is 0.935. The number of anilines is 1. The lowest BCUT2D eigenvalue weighted by Crippen LogP contribution is -2.28. The summed E-state index contributed by atoms with van der Waals surface area (Å²) in [5, 5.41) is 2.79. The summed E-state index contributed by atoms with van der Waals surface area (Å²) in [5.74, 6) is 0.348. The van der Waals surface area contributed by atoms with Gasteiger partial charge in [-0.1, -0.05) is 28.1 Å². The Kier molecular flexibility index (Phi) is 8.25. The number of carbonyl (C=O) groups excluding carboxylic acids is 1. The van der Waals surface area contributed by atoms with Gasteiger partial charge in [0.2, 0.25) is 11.9 Å². The van der Waals surface area contributed by atoms with Gasteiger partial charge in [0, 0.05) is 30.5 Å². The molecule has 1 aromatic heterocycles. The monoisotopic (exact) mass is 402 g/mol. The van der Waals surface area contributed by atoms with Crippen LogP contribution < -0.4 is 11.1 Å². The standard InChI is InChI=1S/C15H19BrN4O2.ClH/c1-22-13(9-17)8-14(21)19-15-18-6-7-20(15)10-11-2-4-12(16)5-3-11;/h2-7,13H,8-10,17H2,1H3,(H,18,19,21);1H. The van der Waals surface area contributed by atoms with Gasteiger partial charge in [-0.05, 0) is 17.7 Å². The number of ether oxygens (including phenoxy) is 1. The SMILES string of the molecule is COC(CN)CC(=O)Nc1nccn1Cc1ccc(Br)cc1.Cl. The number of hydrogen-bond acceptors (Lipinski definition) is 4. The summed E-state index contributed by atoms with van der Waals surface area (Å²) < 4.78 is 8.02. The topological polar surface area (TPSA) is 82.2 Å². The number of benzene rings is 1. The maximum Gasteiger partial charge on any atom is 0.229 e. The fourth-order valence-electron chi connectivity index (χ4n) is 1.99. The predicted octanol–water partition coefficient (Wildman–Crippen LogP) is 2.42. The molecule has 1 amide bonds. The van der Waals surface area contributed by atoms with Crippen molar-refractivity contribution in [3.05, 3.63) is 46.7 Å². The zero-order valence-corrected chi connectivity index (χ0v) is 15.1. The molecule has 23 heavy (non-hydrogen) atoms. The first kappa shape index (κ1) is 19.6. The molecule has 1 aromatic carbocycles. The van der Waals surface area contributed by atoms with Gasteiger partial charge in [-0.25, -0.2) is 4.98 Å². The Morgan fingerprint density at radius 3 is 2.74 bits per heavy atom. The van der Waals surface area contributed by atoms with Crippen molar-refractivity contribution >= 4 is 40.2 Å². The highest BCUT2D eigenvalue weighted by atomic mass is 79.9. The van der Waals surface area contributed by atoms with Crippen LogP contribution in [0.15, 0.2) is 41.1 Å². The molecule has 1 atom stereocenters. The number of carbonyl (C=O) groups is 1. The Balaban J connectivity index is 0.00000264. The minimum Gasteiger partial charge on any atom is -0.380 e. The molecule has 2 rings (SSSR count). The van der Waals surface area contributed by atoms with Gasteiger partial charge in [-0.2, -0.15) is 0 Å².